The molecular formula is C14H25N3O3S. The molecule has 0 amide bonds. The summed E-state index contributed by atoms with van der Waals surface area (Å²) in [5.41, 5.74) is 7.04. The first-order chi connectivity index (χ1) is 9.82. The molecule has 0 heterocycles. The summed E-state index contributed by atoms with van der Waals surface area (Å²) in [6.07, 6.45) is 2.62. The highest BCUT2D eigenvalue weighted by molar-refractivity contribution is 7.89. The quantitative estimate of drug-likeness (QED) is 0.554. The normalized spacial score (nSPS) is 11.9. The maximum atomic E-state index is 12.2. The lowest BCUT2D eigenvalue weighted by Gasteiger charge is -2.23. The topological polar surface area (TPSA) is 86.9 Å². The van der Waals surface area contributed by atoms with Gasteiger partial charge in [-0.2, -0.15) is 0 Å². The van der Waals surface area contributed by atoms with Crippen molar-refractivity contribution >= 4 is 21.4 Å². The van der Waals surface area contributed by atoms with Crippen LogP contribution in [0, 0.1) is 0 Å². The predicted molar refractivity (Wildman–Crippen MR) is 85.9 cm³/mol. The van der Waals surface area contributed by atoms with Crippen molar-refractivity contribution in [2.24, 2.45) is 0 Å². The Morgan fingerprint density at radius 3 is 2.38 bits per heavy atom. The van der Waals surface area contributed by atoms with Gasteiger partial charge in [0.25, 0.3) is 0 Å². The van der Waals surface area contributed by atoms with Crippen molar-refractivity contribution in [3.63, 3.8) is 0 Å². The molecule has 1 rings (SSSR count). The van der Waals surface area contributed by atoms with Crippen LogP contribution in [0.25, 0.3) is 0 Å². The summed E-state index contributed by atoms with van der Waals surface area (Å²) in [4.78, 5) is 2.08. The molecule has 0 bridgehead atoms. The summed E-state index contributed by atoms with van der Waals surface area (Å²) < 4.78 is 25.6. The first-order valence-corrected chi connectivity index (χ1v) is 8.39. The monoisotopic (exact) mass is 315 g/mol. The van der Waals surface area contributed by atoms with E-state index in [1.807, 2.05) is 18.0 Å². The summed E-state index contributed by atoms with van der Waals surface area (Å²) in [7, 11) is 1.31. The highest BCUT2D eigenvalue weighted by atomic mass is 32.2. The predicted octanol–water partition coefficient (Wildman–Crippen LogP) is 1.12. The summed E-state index contributed by atoms with van der Waals surface area (Å²) in [6.45, 7) is 0.956. The van der Waals surface area contributed by atoms with Crippen LogP contribution in [0.4, 0.5) is 11.4 Å². The summed E-state index contributed by atoms with van der Waals surface area (Å²) in [6, 6.07) is 5.04. The second kappa shape index (κ2) is 7.63. The van der Waals surface area contributed by atoms with Gasteiger partial charge in [0.15, 0.2) is 0 Å². The van der Waals surface area contributed by atoms with Crippen LogP contribution in [-0.4, -0.2) is 52.1 Å². The minimum absolute atomic E-state index is 0.132. The van der Waals surface area contributed by atoms with Crippen LogP contribution in [0.15, 0.2) is 23.1 Å². The van der Waals surface area contributed by atoms with Gasteiger partial charge < -0.3 is 15.7 Å². The lowest BCUT2D eigenvalue weighted by molar-refractivity contribution is 0.283. The van der Waals surface area contributed by atoms with Crippen molar-refractivity contribution in [1.82, 2.24) is 4.31 Å². The van der Waals surface area contributed by atoms with Gasteiger partial charge in [-0.3, -0.25) is 0 Å². The van der Waals surface area contributed by atoms with E-state index in [0.717, 1.165) is 30.1 Å². The third-order valence-electron chi connectivity index (χ3n) is 3.36. The number of hydrogen-bond acceptors (Lipinski definition) is 5. The van der Waals surface area contributed by atoms with Gasteiger partial charge in [0.05, 0.1) is 11.4 Å². The smallest absolute Gasteiger partial charge is 0.244 e. The zero-order chi connectivity index (χ0) is 16.0. The molecule has 3 N–H and O–H groups in total. The molecule has 0 aliphatic heterocycles. The SMILES string of the molecule is CN(CCCCCO)c1cccc(S(=O)(=O)N(C)C)c1N. The molecule has 0 aliphatic carbocycles. The molecule has 6 nitrogen and oxygen atoms in total. The molecule has 0 radical (unpaired) electrons. The number of rotatable bonds is 8. The molecule has 0 spiro atoms. The number of hydrogen-bond donors (Lipinski definition) is 2. The number of aliphatic hydroxyl groups excluding tert-OH is 1. The van der Waals surface area contributed by atoms with E-state index in [4.69, 9.17) is 10.8 Å². The lowest BCUT2D eigenvalue weighted by atomic mass is 10.2. The fourth-order valence-corrected chi connectivity index (χ4v) is 3.07. The highest BCUT2D eigenvalue weighted by Gasteiger charge is 2.22. The van der Waals surface area contributed by atoms with Gasteiger partial charge in [0, 0.05) is 34.3 Å². The third-order valence-corrected chi connectivity index (χ3v) is 5.24. The molecule has 120 valence electrons. The van der Waals surface area contributed by atoms with E-state index in [9.17, 15) is 8.42 Å². The summed E-state index contributed by atoms with van der Waals surface area (Å²) in [5.74, 6) is 0. The lowest BCUT2D eigenvalue weighted by Crippen LogP contribution is -2.25. The number of nitrogens with zero attached hydrogens (tertiary/aromatic N) is 2. The Labute approximate surface area is 127 Å². The standard InChI is InChI=1S/C14H25N3O3S/c1-16(2)21(19,20)13-9-7-8-12(14(13)15)17(3)10-5-4-6-11-18/h7-9,18H,4-6,10-11,15H2,1-3H3. The van der Waals surface area contributed by atoms with Gasteiger partial charge in [0.1, 0.15) is 4.90 Å². The maximum Gasteiger partial charge on any atom is 0.244 e. The molecule has 0 aliphatic rings. The van der Waals surface area contributed by atoms with Crippen LogP contribution in [0.3, 0.4) is 0 Å². The number of nitrogens with two attached hydrogens (primary N) is 1. The van der Waals surface area contributed by atoms with Crippen LogP contribution >= 0.6 is 0 Å². The van der Waals surface area contributed by atoms with Crippen LogP contribution < -0.4 is 10.6 Å². The van der Waals surface area contributed by atoms with Crippen LogP contribution in [-0.2, 0) is 10.0 Å². The average Bonchev–Trinajstić information content (AvgIpc) is 2.43. The average molecular weight is 315 g/mol. The molecule has 1 aromatic carbocycles. The second-order valence-corrected chi connectivity index (χ2v) is 7.30. The van der Waals surface area contributed by atoms with E-state index in [2.05, 4.69) is 0 Å². The Hall–Kier alpha value is -1.31. The zero-order valence-corrected chi connectivity index (χ0v) is 13.7. The molecule has 0 saturated heterocycles. The minimum atomic E-state index is -3.54. The van der Waals surface area contributed by atoms with Crippen molar-refractivity contribution in [2.75, 3.05) is 44.9 Å². The number of unbranched alkanes of at least 4 members (excludes halogenated alkanes) is 2. The number of nitrogen functional groups attached to an aromatic ring is 1. The molecule has 21 heavy (non-hydrogen) atoms. The first kappa shape index (κ1) is 17.7. The van der Waals surface area contributed by atoms with Gasteiger partial charge in [-0.15, -0.1) is 0 Å². The van der Waals surface area contributed by atoms with Crippen LogP contribution in [0.1, 0.15) is 19.3 Å². The Balaban J connectivity index is 2.95. The Morgan fingerprint density at radius 1 is 1.14 bits per heavy atom. The van der Waals surface area contributed by atoms with Gasteiger partial charge >= 0.3 is 0 Å². The summed E-state index contributed by atoms with van der Waals surface area (Å²) in [5, 5.41) is 8.77. The Kier molecular flexibility index (Phi) is 6.44. The number of para-hydroxylation sites is 1. The Bertz CT molecular complexity index is 559. The fraction of sp³-hybridized carbons (Fsp3) is 0.571. The van der Waals surface area contributed by atoms with Crippen molar-refractivity contribution in [3.05, 3.63) is 18.2 Å². The van der Waals surface area contributed by atoms with E-state index in [1.165, 1.54) is 20.2 Å². The van der Waals surface area contributed by atoms with E-state index in [-0.39, 0.29) is 17.2 Å². The molecule has 0 unspecified atom stereocenters. The van der Waals surface area contributed by atoms with Gasteiger partial charge in [-0.1, -0.05) is 6.07 Å². The van der Waals surface area contributed by atoms with Crippen LogP contribution in [0.5, 0.6) is 0 Å². The highest BCUT2D eigenvalue weighted by Crippen LogP contribution is 2.30. The van der Waals surface area contributed by atoms with Gasteiger partial charge in [0.2, 0.25) is 10.0 Å². The molecule has 1 aromatic rings. The number of aliphatic hydroxyl groups is 1. The second-order valence-electron chi connectivity index (χ2n) is 5.18. The van der Waals surface area contributed by atoms with Crippen LogP contribution in [0.2, 0.25) is 0 Å². The molecule has 0 aromatic heterocycles. The van der Waals surface area contributed by atoms with Crippen molar-refractivity contribution in [1.29, 1.82) is 0 Å². The van der Waals surface area contributed by atoms with Crippen molar-refractivity contribution in [2.45, 2.75) is 24.2 Å². The minimum Gasteiger partial charge on any atom is -0.396 e. The molecule has 0 atom stereocenters. The van der Waals surface area contributed by atoms with E-state index >= 15 is 0 Å². The molecule has 0 fully saturated rings. The third kappa shape index (κ3) is 4.33. The van der Waals surface area contributed by atoms with Gasteiger partial charge in [-0.25, -0.2) is 12.7 Å². The first-order valence-electron chi connectivity index (χ1n) is 6.95. The largest absolute Gasteiger partial charge is 0.396 e. The van der Waals surface area contributed by atoms with Gasteiger partial charge in [-0.05, 0) is 31.4 Å². The Morgan fingerprint density at radius 2 is 1.81 bits per heavy atom. The van der Waals surface area contributed by atoms with Crippen molar-refractivity contribution < 1.29 is 13.5 Å². The molecule has 7 heteroatoms. The maximum absolute atomic E-state index is 12.2. The van der Waals surface area contributed by atoms with E-state index < -0.39 is 10.0 Å². The van der Waals surface area contributed by atoms with Crippen molar-refractivity contribution in [3.8, 4) is 0 Å². The van der Waals surface area contributed by atoms with E-state index in [1.54, 1.807) is 6.07 Å². The summed E-state index contributed by atoms with van der Waals surface area (Å²) >= 11 is 0. The number of benzene rings is 1. The molecule has 0 saturated carbocycles. The number of anilines is 2. The fourth-order valence-electron chi connectivity index (χ4n) is 2.04. The molecular weight excluding hydrogens is 290 g/mol. The van der Waals surface area contributed by atoms with E-state index in [0.29, 0.717) is 5.69 Å². The zero-order valence-electron chi connectivity index (χ0n) is 12.9. The number of sulfonamides is 1.